The molecule has 1 aromatic rings. The minimum absolute atomic E-state index is 0.708. The summed E-state index contributed by atoms with van der Waals surface area (Å²) in [7, 11) is 0. The molecule has 1 aliphatic heterocycles. The highest BCUT2D eigenvalue weighted by Crippen LogP contribution is 2.15. The van der Waals surface area contributed by atoms with E-state index in [0.717, 1.165) is 31.9 Å². The number of hydrogen-bond acceptors (Lipinski definition) is 4. The van der Waals surface area contributed by atoms with Crippen LogP contribution in [0.2, 0.25) is 0 Å². The van der Waals surface area contributed by atoms with Crippen LogP contribution in [0.15, 0.2) is 5.38 Å². The summed E-state index contributed by atoms with van der Waals surface area (Å²) in [5, 5.41) is 6.81. The number of rotatable bonds is 4. The number of hydrogen-bond donors (Lipinski definition) is 1. The molecular weight excluding hydrogens is 206 g/mol. The van der Waals surface area contributed by atoms with Crippen LogP contribution in [-0.2, 0) is 6.54 Å². The molecule has 84 valence electrons. The lowest BCUT2D eigenvalue weighted by Crippen LogP contribution is -2.36. The average Bonchev–Trinajstić information content (AvgIpc) is 2.85. The van der Waals surface area contributed by atoms with E-state index in [1.807, 2.05) is 0 Å². The third-order valence-electron chi connectivity index (χ3n) is 2.96. The summed E-state index contributed by atoms with van der Waals surface area (Å²) in [6.45, 7) is 8.73. The number of nitrogens with one attached hydrogen (secondary N) is 1. The molecule has 0 amide bonds. The molecule has 0 bridgehead atoms. The van der Waals surface area contributed by atoms with Gasteiger partial charge in [0.05, 0.1) is 6.54 Å². The smallest absolute Gasteiger partial charge is 0.107 e. The van der Waals surface area contributed by atoms with Crippen molar-refractivity contribution in [3.63, 3.8) is 0 Å². The number of aryl methyl sites for hydroxylation is 1. The summed E-state index contributed by atoms with van der Waals surface area (Å²) >= 11 is 1.78. The van der Waals surface area contributed by atoms with Crippen LogP contribution in [0.3, 0.4) is 0 Å². The number of likely N-dealkylation sites (N-methyl/N-ethyl adjacent to an activating group) is 1. The maximum Gasteiger partial charge on any atom is 0.107 e. The van der Waals surface area contributed by atoms with Crippen molar-refractivity contribution in [1.29, 1.82) is 0 Å². The van der Waals surface area contributed by atoms with Gasteiger partial charge in [0.15, 0.2) is 0 Å². The molecule has 1 fully saturated rings. The van der Waals surface area contributed by atoms with Gasteiger partial charge in [-0.2, -0.15) is 0 Å². The van der Waals surface area contributed by atoms with Crippen molar-refractivity contribution in [3.05, 3.63) is 16.1 Å². The van der Waals surface area contributed by atoms with E-state index in [4.69, 9.17) is 0 Å². The van der Waals surface area contributed by atoms with Crippen LogP contribution in [0.25, 0.3) is 0 Å². The molecule has 2 rings (SSSR count). The van der Waals surface area contributed by atoms with Crippen LogP contribution in [0, 0.1) is 6.92 Å². The van der Waals surface area contributed by atoms with Gasteiger partial charge in [0.2, 0.25) is 0 Å². The van der Waals surface area contributed by atoms with Gasteiger partial charge in [0.25, 0.3) is 0 Å². The number of aromatic nitrogens is 1. The second-order valence-corrected chi connectivity index (χ2v) is 5.03. The van der Waals surface area contributed by atoms with Gasteiger partial charge in [-0.15, -0.1) is 11.3 Å². The molecule has 1 unspecified atom stereocenters. The molecule has 4 heteroatoms. The van der Waals surface area contributed by atoms with E-state index in [1.54, 1.807) is 11.3 Å². The summed E-state index contributed by atoms with van der Waals surface area (Å²) in [5.41, 5.74) is 1.15. The maximum absolute atomic E-state index is 4.53. The lowest BCUT2D eigenvalue weighted by Gasteiger charge is -2.25. The Labute approximate surface area is 95.5 Å². The van der Waals surface area contributed by atoms with E-state index in [2.05, 4.69) is 34.4 Å². The van der Waals surface area contributed by atoms with E-state index in [1.165, 1.54) is 11.4 Å². The van der Waals surface area contributed by atoms with Gasteiger partial charge in [0.1, 0.15) is 5.01 Å². The first-order valence-corrected chi connectivity index (χ1v) is 6.53. The zero-order chi connectivity index (χ0) is 10.7. The van der Waals surface area contributed by atoms with Crippen LogP contribution in [0.1, 0.15) is 24.0 Å². The van der Waals surface area contributed by atoms with Gasteiger partial charge >= 0.3 is 0 Å². The Bertz CT molecular complexity index is 305. The Morgan fingerprint density at radius 2 is 2.53 bits per heavy atom. The van der Waals surface area contributed by atoms with Gasteiger partial charge in [-0.05, 0) is 26.4 Å². The van der Waals surface area contributed by atoms with Gasteiger partial charge in [0, 0.05) is 23.7 Å². The van der Waals surface area contributed by atoms with Gasteiger partial charge < -0.3 is 5.32 Å². The van der Waals surface area contributed by atoms with Crippen LogP contribution in [-0.4, -0.2) is 35.6 Å². The number of thiazole rings is 1. The SMILES string of the molecule is CCN(Cc1nc(C)cs1)C1CCNC1. The highest BCUT2D eigenvalue weighted by atomic mass is 32.1. The molecule has 1 N–H and O–H groups in total. The third kappa shape index (κ3) is 2.77. The second kappa shape index (κ2) is 5.05. The average molecular weight is 225 g/mol. The van der Waals surface area contributed by atoms with Crippen LogP contribution in [0.4, 0.5) is 0 Å². The fourth-order valence-corrected chi connectivity index (χ4v) is 2.90. The maximum atomic E-state index is 4.53. The first kappa shape index (κ1) is 11.0. The highest BCUT2D eigenvalue weighted by molar-refractivity contribution is 7.09. The molecule has 1 aliphatic rings. The monoisotopic (exact) mass is 225 g/mol. The molecule has 15 heavy (non-hydrogen) atoms. The van der Waals surface area contributed by atoms with Crippen molar-refractivity contribution in [1.82, 2.24) is 15.2 Å². The van der Waals surface area contributed by atoms with Gasteiger partial charge in [-0.25, -0.2) is 4.98 Å². The van der Waals surface area contributed by atoms with E-state index < -0.39 is 0 Å². The molecular formula is C11H19N3S. The molecule has 2 heterocycles. The lowest BCUT2D eigenvalue weighted by molar-refractivity contribution is 0.210. The van der Waals surface area contributed by atoms with E-state index in [0.29, 0.717) is 6.04 Å². The van der Waals surface area contributed by atoms with Gasteiger partial charge in [-0.1, -0.05) is 6.92 Å². The standard InChI is InChI=1S/C11H19N3S/c1-3-14(10-4-5-12-6-10)7-11-13-9(2)8-15-11/h8,10,12H,3-7H2,1-2H3. The summed E-state index contributed by atoms with van der Waals surface area (Å²) in [6, 6.07) is 0.708. The fourth-order valence-electron chi connectivity index (χ4n) is 2.10. The zero-order valence-electron chi connectivity index (χ0n) is 9.49. The third-order valence-corrected chi connectivity index (χ3v) is 3.91. The Hall–Kier alpha value is -0.450. The molecule has 1 atom stereocenters. The van der Waals surface area contributed by atoms with Crippen LogP contribution in [0.5, 0.6) is 0 Å². The summed E-state index contributed by atoms with van der Waals surface area (Å²) in [5.74, 6) is 0. The first-order valence-electron chi connectivity index (χ1n) is 5.65. The molecule has 0 radical (unpaired) electrons. The van der Waals surface area contributed by atoms with E-state index >= 15 is 0 Å². The van der Waals surface area contributed by atoms with Crippen molar-refractivity contribution >= 4 is 11.3 Å². The highest BCUT2D eigenvalue weighted by Gasteiger charge is 2.21. The minimum atomic E-state index is 0.708. The van der Waals surface area contributed by atoms with E-state index in [-0.39, 0.29) is 0 Å². The topological polar surface area (TPSA) is 28.2 Å². The van der Waals surface area contributed by atoms with Crippen molar-refractivity contribution in [2.45, 2.75) is 32.9 Å². The molecule has 1 aromatic heterocycles. The lowest BCUT2D eigenvalue weighted by atomic mass is 10.2. The normalized spacial score (nSPS) is 21.4. The van der Waals surface area contributed by atoms with Crippen molar-refractivity contribution in [2.75, 3.05) is 19.6 Å². The van der Waals surface area contributed by atoms with Crippen LogP contribution < -0.4 is 5.32 Å². The molecule has 1 saturated heterocycles. The fraction of sp³-hybridized carbons (Fsp3) is 0.727. The zero-order valence-corrected chi connectivity index (χ0v) is 10.3. The Morgan fingerprint density at radius 1 is 1.67 bits per heavy atom. The summed E-state index contributed by atoms with van der Waals surface area (Å²) < 4.78 is 0. The Balaban J connectivity index is 1.95. The summed E-state index contributed by atoms with van der Waals surface area (Å²) in [6.07, 6.45) is 1.28. The van der Waals surface area contributed by atoms with Gasteiger partial charge in [-0.3, -0.25) is 4.90 Å². The predicted molar refractivity (Wildman–Crippen MR) is 64.2 cm³/mol. The predicted octanol–water partition coefficient (Wildman–Crippen LogP) is 1.64. The Kier molecular flexibility index (Phi) is 3.72. The van der Waals surface area contributed by atoms with Crippen molar-refractivity contribution in [3.8, 4) is 0 Å². The van der Waals surface area contributed by atoms with Crippen molar-refractivity contribution in [2.24, 2.45) is 0 Å². The molecule has 0 saturated carbocycles. The molecule has 0 aromatic carbocycles. The van der Waals surface area contributed by atoms with E-state index in [9.17, 15) is 0 Å². The Morgan fingerprint density at radius 3 is 3.07 bits per heavy atom. The minimum Gasteiger partial charge on any atom is -0.315 e. The molecule has 0 aliphatic carbocycles. The number of nitrogens with zero attached hydrogens (tertiary/aromatic N) is 2. The second-order valence-electron chi connectivity index (χ2n) is 4.09. The summed E-state index contributed by atoms with van der Waals surface area (Å²) in [4.78, 5) is 7.05. The van der Waals surface area contributed by atoms with Crippen LogP contribution >= 0.6 is 11.3 Å². The first-order chi connectivity index (χ1) is 7.29. The van der Waals surface area contributed by atoms with Crippen molar-refractivity contribution < 1.29 is 0 Å². The molecule has 0 spiro atoms. The quantitative estimate of drug-likeness (QED) is 0.844. The molecule has 3 nitrogen and oxygen atoms in total. The largest absolute Gasteiger partial charge is 0.315 e.